The van der Waals surface area contributed by atoms with Crippen LogP contribution in [0.5, 0.6) is 0 Å². The zero-order valence-electron chi connectivity index (χ0n) is 12.7. The van der Waals surface area contributed by atoms with E-state index in [9.17, 15) is 0 Å². The van der Waals surface area contributed by atoms with Crippen LogP contribution in [-0.4, -0.2) is 67.3 Å². The fourth-order valence-electron chi connectivity index (χ4n) is 3.08. The van der Waals surface area contributed by atoms with Crippen molar-refractivity contribution in [3.05, 3.63) is 12.1 Å². The van der Waals surface area contributed by atoms with Gasteiger partial charge >= 0.3 is 0 Å². The third-order valence-electron chi connectivity index (χ3n) is 4.39. The Morgan fingerprint density at radius 3 is 2.52 bits per heavy atom. The van der Waals surface area contributed by atoms with Crippen molar-refractivity contribution in [2.75, 3.05) is 57.1 Å². The molecule has 2 aliphatic heterocycles. The summed E-state index contributed by atoms with van der Waals surface area (Å²) in [5, 5.41) is 9.56. The number of nitrogens with zero attached hydrogens (tertiary/aromatic N) is 4. The fourth-order valence-corrected chi connectivity index (χ4v) is 3.41. The van der Waals surface area contributed by atoms with Gasteiger partial charge in [0.1, 0.15) is 5.03 Å². The number of ether oxygens (including phenoxy) is 1. The highest BCUT2D eigenvalue weighted by Crippen LogP contribution is 2.23. The molecule has 1 aromatic heterocycles. The second-order valence-electron chi connectivity index (χ2n) is 5.78. The number of thioether (sulfide) groups is 1. The van der Waals surface area contributed by atoms with Crippen LogP contribution < -0.4 is 4.90 Å². The molecule has 0 N–H and O–H groups in total. The molecule has 0 saturated carbocycles. The van der Waals surface area contributed by atoms with Crippen LogP contribution in [0.3, 0.4) is 0 Å². The van der Waals surface area contributed by atoms with Crippen LogP contribution in [0.4, 0.5) is 5.82 Å². The number of hydrogen-bond donors (Lipinski definition) is 0. The SMILES string of the molecule is CSc1ccc(N2CCC(CN3CCOCC3)CC2)nn1. The van der Waals surface area contributed by atoms with Gasteiger partial charge in [-0.3, -0.25) is 4.90 Å². The predicted molar refractivity (Wildman–Crippen MR) is 86.0 cm³/mol. The Bertz CT molecular complexity index is 428. The minimum atomic E-state index is 0.817. The molecule has 1 aromatic rings. The topological polar surface area (TPSA) is 41.5 Å². The Morgan fingerprint density at radius 1 is 1.14 bits per heavy atom. The summed E-state index contributed by atoms with van der Waals surface area (Å²) < 4.78 is 5.42. The summed E-state index contributed by atoms with van der Waals surface area (Å²) in [5.41, 5.74) is 0. The standard InChI is InChI=1S/C15H24N4OS/c1-21-15-3-2-14(16-17-15)19-6-4-13(5-7-19)12-18-8-10-20-11-9-18/h2-3,13H,4-12H2,1H3. The number of aromatic nitrogens is 2. The molecule has 0 atom stereocenters. The summed E-state index contributed by atoms with van der Waals surface area (Å²) >= 11 is 1.64. The van der Waals surface area contributed by atoms with Gasteiger partial charge in [0.15, 0.2) is 5.82 Å². The third kappa shape index (κ3) is 4.08. The number of hydrogen-bond acceptors (Lipinski definition) is 6. The molecule has 0 aromatic carbocycles. The summed E-state index contributed by atoms with van der Waals surface area (Å²) in [6.45, 7) is 7.43. The largest absolute Gasteiger partial charge is 0.379 e. The molecular weight excluding hydrogens is 284 g/mol. The highest BCUT2D eigenvalue weighted by atomic mass is 32.2. The lowest BCUT2D eigenvalue weighted by Gasteiger charge is -2.36. The minimum absolute atomic E-state index is 0.817. The molecule has 0 unspecified atom stereocenters. The Kier molecular flexibility index (Phi) is 5.32. The van der Waals surface area contributed by atoms with E-state index in [-0.39, 0.29) is 0 Å². The number of anilines is 1. The van der Waals surface area contributed by atoms with E-state index in [1.165, 1.54) is 19.4 Å². The number of piperidine rings is 1. The first-order valence-electron chi connectivity index (χ1n) is 7.78. The summed E-state index contributed by atoms with van der Waals surface area (Å²) in [4.78, 5) is 4.92. The molecule has 3 rings (SSSR count). The average Bonchev–Trinajstić information content (AvgIpc) is 2.57. The van der Waals surface area contributed by atoms with Gasteiger partial charge in [-0.25, -0.2) is 0 Å². The van der Waals surface area contributed by atoms with Gasteiger partial charge in [0, 0.05) is 32.7 Å². The van der Waals surface area contributed by atoms with Crippen LogP contribution in [0.2, 0.25) is 0 Å². The zero-order chi connectivity index (χ0) is 14.5. The lowest BCUT2D eigenvalue weighted by molar-refractivity contribution is 0.0289. The van der Waals surface area contributed by atoms with Crippen molar-refractivity contribution in [2.24, 2.45) is 5.92 Å². The molecule has 0 aliphatic carbocycles. The van der Waals surface area contributed by atoms with Gasteiger partial charge < -0.3 is 9.64 Å². The molecule has 2 fully saturated rings. The van der Waals surface area contributed by atoms with Gasteiger partial charge in [-0.1, -0.05) is 0 Å². The second-order valence-corrected chi connectivity index (χ2v) is 6.60. The van der Waals surface area contributed by atoms with Gasteiger partial charge in [0.2, 0.25) is 0 Å². The average molecular weight is 308 g/mol. The van der Waals surface area contributed by atoms with Crippen molar-refractivity contribution >= 4 is 17.6 Å². The Morgan fingerprint density at radius 2 is 1.90 bits per heavy atom. The summed E-state index contributed by atoms with van der Waals surface area (Å²) in [6.07, 6.45) is 4.54. The van der Waals surface area contributed by atoms with Crippen molar-refractivity contribution in [3.63, 3.8) is 0 Å². The molecule has 0 spiro atoms. The van der Waals surface area contributed by atoms with E-state index < -0.39 is 0 Å². The highest BCUT2D eigenvalue weighted by molar-refractivity contribution is 7.98. The smallest absolute Gasteiger partial charge is 0.151 e. The highest BCUT2D eigenvalue weighted by Gasteiger charge is 2.23. The Balaban J connectivity index is 1.47. The third-order valence-corrected chi connectivity index (χ3v) is 5.03. The lowest BCUT2D eigenvalue weighted by atomic mass is 9.96. The first-order valence-corrected chi connectivity index (χ1v) is 9.00. The molecule has 3 heterocycles. The van der Waals surface area contributed by atoms with Crippen LogP contribution in [0, 0.1) is 5.92 Å². The lowest BCUT2D eigenvalue weighted by Crippen LogP contribution is -2.43. The fraction of sp³-hybridized carbons (Fsp3) is 0.733. The normalized spacial score (nSPS) is 21.7. The van der Waals surface area contributed by atoms with Gasteiger partial charge in [-0.05, 0) is 37.1 Å². The van der Waals surface area contributed by atoms with E-state index in [1.807, 2.05) is 6.26 Å². The molecule has 5 nitrogen and oxygen atoms in total. The Labute approximate surface area is 131 Å². The second kappa shape index (κ2) is 7.42. The van der Waals surface area contributed by atoms with E-state index in [4.69, 9.17) is 4.74 Å². The van der Waals surface area contributed by atoms with Crippen LogP contribution in [0.15, 0.2) is 17.2 Å². The van der Waals surface area contributed by atoms with E-state index in [2.05, 4.69) is 32.1 Å². The number of rotatable bonds is 4. The van der Waals surface area contributed by atoms with Crippen molar-refractivity contribution in [3.8, 4) is 0 Å². The molecule has 6 heteroatoms. The van der Waals surface area contributed by atoms with E-state index in [0.717, 1.165) is 56.2 Å². The van der Waals surface area contributed by atoms with E-state index in [1.54, 1.807) is 11.8 Å². The molecule has 0 bridgehead atoms. The molecule has 21 heavy (non-hydrogen) atoms. The van der Waals surface area contributed by atoms with Crippen LogP contribution >= 0.6 is 11.8 Å². The molecule has 2 aliphatic rings. The van der Waals surface area contributed by atoms with Crippen LogP contribution in [0.25, 0.3) is 0 Å². The quantitative estimate of drug-likeness (QED) is 0.789. The molecule has 2 saturated heterocycles. The maximum Gasteiger partial charge on any atom is 0.151 e. The van der Waals surface area contributed by atoms with Crippen molar-refractivity contribution in [2.45, 2.75) is 17.9 Å². The molecule has 116 valence electrons. The predicted octanol–water partition coefficient (Wildman–Crippen LogP) is 1.75. The van der Waals surface area contributed by atoms with Gasteiger partial charge in [0.25, 0.3) is 0 Å². The molecule has 0 radical (unpaired) electrons. The first kappa shape index (κ1) is 15.1. The number of morpholine rings is 1. The molecule has 0 amide bonds. The van der Waals surface area contributed by atoms with E-state index >= 15 is 0 Å². The maximum absolute atomic E-state index is 5.42. The van der Waals surface area contributed by atoms with Crippen LogP contribution in [-0.2, 0) is 4.74 Å². The van der Waals surface area contributed by atoms with Gasteiger partial charge in [0.05, 0.1) is 13.2 Å². The van der Waals surface area contributed by atoms with E-state index in [0.29, 0.717) is 0 Å². The minimum Gasteiger partial charge on any atom is -0.379 e. The first-order chi connectivity index (χ1) is 10.3. The van der Waals surface area contributed by atoms with Crippen molar-refractivity contribution < 1.29 is 4.74 Å². The zero-order valence-corrected chi connectivity index (χ0v) is 13.5. The summed E-state index contributed by atoms with van der Waals surface area (Å²) in [7, 11) is 0. The van der Waals surface area contributed by atoms with Gasteiger partial charge in [-0.2, -0.15) is 0 Å². The summed E-state index contributed by atoms with van der Waals surface area (Å²) in [5.74, 6) is 1.84. The maximum atomic E-state index is 5.42. The summed E-state index contributed by atoms with van der Waals surface area (Å²) in [6, 6.07) is 4.16. The monoisotopic (exact) mass is 308 g/mol. The van der Waals surface area contributed by atoms with Crippen LogP contribution in [0.1, 0.15) is 12.8 Å². The Hall–Kier alpha value is -0.850. The van der Waals surface area contributed by atoms with Gasteiger partial charge in [-0.15, -0.1) is 22.0 Å². The van der Waals surface area contributed by atoms with Crippen molar-refractivity contribution in [1.29, 1.82) is 0 Å². The molecular formula is C15H24N4OS. The van der Waals surface area contributed by atoms with Crippen molar-refractivity contribution in [1.82, 2.24) is 15.1 Å².